The van der Waals surface area contributed by atoms with Crippen LogP contribution < -0.4 is 10.9 Å². The lowest BCUT2D eigenvalue weighted by atomic mass is 9.89. The van der Waals surface area contributed by atoms with Crippen molar-refractivity contribution in [1.82, 2.24) is 9.88 Å². The number of hydrogen-bond acceptors (Lipinski definition) is 6. The molecule has 0 spiro atoms. The molecule has 1 aromatic rings. The Balaban J connectivity index is 2.29. The van der Waals surface area contributed by atoms with Gasteiger partial charge in [-0.05, 0) is 44.2 Å². The zero-order valence-electron chi connectivity index (χ0n) is 17.6. The summed E-state index contributed by atoms with van der Waals surface area (Å²) in [6.45, 7) is 4.29. The maximum Gasteiger partial charge on any atom is 0.328 e. The zero-order chi connectivity index (χ0) is 21.6. The highest BCUT2D eigenvalue weighted by atomic mass is 16.5. The quantitative estimate of drug-likeness (QED) is 0.694. The van der Waals surface area contributed by atoms with Crippen molar-refractivity contribution in [3.63, 3.8) is 0 Å². The van der Waals surface area contributed by atoms with Gasteiger partial charge in [-0.3, -0.25) is 14.4 Å². The Bertz CT molecular complexity index is 823. The van der Waals surface area contributed by atoms with Gasteiger partial charge in [-0.25, -0.2) is 4.79 Å². The minimum absolute atomic E-state index is 0.0531. The van der Waals surface area contributed by atoms with E-state index in [-0.39, 0.29) is 12.0 Å². The molecule has 1 saturated carbocycles. The highest BCUT2D eigenvalue weighted by molar-refractivity contribution is 5.97. The topological polar surface area (TPSA) is 104 Å². The molecule has 0 aliphatic heterocycles. The van der Waals surface area contributed by atoms with E-state index in [1.165, 1.54) is 19.6 Å². The highest BCUT2D eigenvalue weighted by Gasteiger charge is 2.27. The van der Waals surface area contributed by atoms with Gasteiger partial charge in [0.2, 0.25) is 0 Å². The van der Waals surface area contributed by atoms with Crippen LogP contribution in [0, 0.1) is 19.8 Å². The van der Waals surface area contributed by atoms with E-state index in [0.717, 1.165) is 44.1 Å². The molecule has 2 rings (SSSR count). The smallest absolute Gasteiger partial charge is 0.328 e. The largest absolute Gasteiger partial charge is 0.469 e. The fraction of sp³-hybridized carbons (Fsp3) is 0.619. The van der Waals surface area contributed by atoms with E-state index in [1.807, 2.05) is 13.8 Å². The fourth-order valence-corrected chi connectivity index (χ4v) is 3.73. The predicted molar refractivity (Wildman–Crippen MR) is 107 cm³/mol. The van der Waals surface area contributed by atoms with Gasteiger partial charge >= 0.3 is 11.9 Å². The summed E-state index contributed by atoms with van der Waals surface area (Å²) in [4.78, 5) is 49.3. The number of aromatic nitrogens is 1. The number of ether oxygens (including phenoxy) is 2. The molecule has 1 atom stereocenters. The summed E-state index contributed by atoms with van der Waals surface area (Å²) in [6.07, 6.45) is 5.31. The van der Waals surface area contributed by atoms with Gasteiger partial charge < -0.3 is 19.4 Å². The van der Waals surface area contributed by atoms with Crippen molar-refractivity contribution in [2.75, 3.05) is 14.2 Å². The average Bonchev–Trinajstić information content (AvgIpc) is 2.73. The number of carbonyl (C=O) groups excluding carboxylic acids is 3. The minimum Gasteiger partial charge on any atom is -0.469 e. The third-order valence-corrected chi connectivity index (χ3v) is 5.61. The zero-order valence-corrected chi connectivity index (χ0v) is 17.6. The number of carbonyl (C=O) groups is 3. The van der Waals surface area contributed by atoms with Crippen molar-refractivity contribution in [2.45, 2.75) is 65.0 Å². The van der Waals surface area contributed by atoms with Crippen molar-refractivity contribution in [2.24, 2.45) is 5.92 Å². The SMILES string of the molecule is COC(=O)C[C@@H](NC(=O)c1cc(C)c(C)n(CC2CCCCC2)c1=O)C(=O)OC. The van der Waals surface area contributed by atoms with E-state index in [4.69, 9.17) is 0 Å². The Labute approximate surface area is 170 Å². The third kappa shape index (κ3) is 5.68. The first-order chi connectivity index (χ1) is 13.8. The van der Waals surface area contributed by atoms with Gasteiger partial charge in [-0.1, -0.05) is 19.3 Å². The molecule has 29 heavy (non-hydrogen) atoms. The molecule has 1 amide bonds. The first kappa shape index (κ1) is 22.6. The Morgan fingerprint density at radius 1 is 1.14 bits per heavy atom. The summed E-state index contributed by atoms with van der Waals surface area (Å²) in [6, 6.07) is 0.296. The van der Waals surface area contributed by atoms with Crippen molar-refractivity contribution in [3.05, 3.63) is 33.2 Å². The molecule has 1 fully saturated rings. The van der Waals surface area contributed by atoms with Crippen molar-refractivity contribution >= 4 is 17.8 Å². The second-order valence-corrected chi connectivity index (χ2v) is 7.58. The molecule has 1 aliphatic rings. The molecule has 0 bridgehead atoms. The number of rotatable bonds is 7. The summed E-state index contributed by atoms with van der Waals surface area (Å²) < 4.78 is 10.9. The molecule has 1 heterocycles. The van der Waals surface area contributed by atoms with Crippen LogP contribution in [0.2, 0.25) is 0 Å². The van der Waals surface area contributed by atoms with Crippen LogP contribution in [0.15, 0.2) is 10.9 Å². The van der Waals surface area contributed by atoms with Crippen LogP contribution in [0.1, 0.15) is 60.1 Å². The van der Waals surface area contributed by atoms with E-state index in [2.05, 4.69) is 14.8 Å². The van der Waals surface area contributed by atoms with Crippen LogP contribution in [0.25, 0.3) is 0 Å². The third-order valence-electron chi connectivity index (χ3n) is 5.61. The number of nitrogens with one attached hydrogen (secondary N) is 1. The lowest BCUT2D eigenvalue weighted by Crippen LogP contribution is -2.45. The predicted octanol–water partition coefficient (Wildman–Crippen LogP) is 1.88. The molecular weight excluding hydrogens is 376 g/mol. The maximum atomic E-state index is 13.1. The van der Waals surface area contributed by atoms with Gasteiger partial charge in [0.05, 0.1) is 20.6 Å². The summed E-state index contributed by atoms with van der Waals surface area (Å²) in [7, 11) is 2.34. The summed E-state index contributed by atoms with van der Waals surface area (Å²) >= 11 is 0. The van der Waals surface area contributed by atoms with E-state index >= 15 is 0 Å². The van der Waals surface area contributed by atoms with Crippen LogP contribution in [-0.4, -0.2) is 42.7 Å². The first-order valence-electron chi connectivity index (χ1n) is 9.95. The van der Waals surface area contributed by atoms with Crippen LogP contribution in [0.5, 0.6) is 0 Å². The van der Waals surface area contributed by atoms with Crippen molar-refractivity contribution in [3.8, 4) is 0 Å². The van der Waals surface area contributed by atoms with Crippen molar-refractivity contribution < 1.29 is 23.9 Å². The number of esters is 2. The Morgan fingerprint density at radius 3 is 2.38 bits per heavy atom. The van der Waals surface area contributed by atoms with Gasteiger partial charge in [0, 0.05) is 12.2 Å². The molecule has 1 aromatic heterocycles. The van der Waals surface area contributed by atoms with Crippen LogP contribution in [0.4, 0.5) is 0 Å². The second kappa shape index (κ2) is 10.2. The minimum atomic E-state index is -1.23. The lowest BCUT2D eigenvalue weighted by Gasteiger charge is -2.24. The van der Waals surface area contributed by atoms with Gasteiger partial charge in [0.25, 0.3) is 11.5 Å². The van der Waals surface area contributed by atoms with E-state index in [1.54, 1.807) is 4.57 Å². The number of hydrogen-bond donors (Lipinski definition) is 1. The number of pyridine rings is 1. The van der Waals surface area contributed by atoms with Crippen LogP contribution in [-0.2, 0) is 25.6 Å². The summed E-state index contributed by atoms with van der Waals surface area (Å²) in [5, 5.41) is 2.44. The van der Waals surface area contributed by atoms with Gasteiger partial charge in [-0.2, -0.15) is 0 Å². The van der Waals surface area contributed by atoms with Gasteiger partial charge in [0.1, 0.15) is 11.6 Å². The molecule has 1 aliphatic carbocycles. The average molecular weight is 406 g/mol. The van der Waals surface area contributed by atoms with Crippen LogP contribution >= 0.6 is 0 Å². The molecule has 8 nitrogen and oxygen atoms in total. The molecule has 0 saturated heterocycles. The van der Waals surface area contributed by atoms with E-state index in [0.29, 0.717) is 12.5 Å². The molecular formula is C21H30N2O6. The maximum absolute atomic E-state index is 13.1. The summed E-state index contributed by atoms with van der Waals surface area (Å²) in [5.41, 5.74) is 1.20. The van der Waals surface area contributed by atoms with Crippen molar-refractivity contribution in [1.29, 1.82) is 0 Å². The van der Waals surface area contributed by atoms with Gasteiger partial charge in [-0.15, -0.1) is 0 Å². The molecule has 0 aromatic carbocycles. The number of amides is 1. The second-order valence-electron chi connectivity index (χ2n) is 7.58. The summed E-state index contributed by atoms with van der Waals surface area (Å²) in [5.74, 6) is -1.75. The van der Waals surface area contributed by atoms with E-state index < -0.39 is 29.4 Å². The standard InChI is InChI=1S/C21H30N2O6/c1-13-10-16(19(25)22-17(21(27)29-4)11-18(24)28-3)20(26)23(14(13)2)12-15-8-6-5-7-9-15/h10,15,17H,5-9,11-12H2,1-4H3,(H,22,25)/t17-/m1/s1. The Morgan fingerprint density at radius 2 is 1.79 bits per heavy atom. The van der Waals surface area contributed by atoms with Gasteiger partial charge in [0.15, 0.2) is 0 Å². The number of aryl methyl sites for hydroxylation is 1. The number of nitrogens with zero attached hydrogens (tertiary/aromatic N) is 1. The molecule has 160 valence electrons. The molecule has 1 N–H and O–H groups in total. The normalized spacial score (nSPS) is 15.4. The Hall–Kier alpha value is -2.64. The number of methoxy groups -OCH3 is 2. The highest BCUT2D eigenvalue weighted by Crippen LogP contribution is 2.25. The molecule has 0 radical (unpaired) electrons. The lowest BCUT2D eigenvalue weighted by molar-refractivity contribution is -0.149. The van der Waals surface area contributed by atoms with Crippen LogP contribution in [0.3, 0.4) is 0 Å². The molecule has 8 heteroatoms. The van der Waals surface area contributed by atoms with E-state index in [9.17, 15) is 19.2 Å². The fourth-order valence-electron chi connectivity index (χ4n) is 3.73. The Kier molecular flexibility index (Phi) is 7.99. The first-order valence-corrected chi connectivity index (χ1v) is 9.95. The monoisotopic (exact) mass is 406 g/mol. The molecule has 0 unspecified atom stereocenters.